The van der Waals surface area contributed by atoms with Gasteiger partial charge in [0.2, 0.25) is 0 Å². The van der Waals surface area contributed by atoms with Gasteiger partial charge in [0.05, 0.1) is 12.2 Å². The number of hydrogen-bond donors (Lipinski definition) is 2. The Labute approximate surface area is 196 Å². The van der Waals surface area contributed by atoms with Crippen molar-refractivity contribution in [2.24, 2.45) is 58.2 Å². The van der Waals surface area contributed by atoms with Gasteiger partial charge in [-0.25, -0.2) is 0 Å². The Kier molecular flexibility index (Phi) is 6.75. The summed E-state index contributed by atoms with van der Waals surface area (Å²) in [5, 5.41) is 22.3. The molecule has 3 saturated carbocycles. The molecule has 0 aromatic heterocycles. The molecule has 0 saturated heterocycles. The lowest BCUT2D eigenvalue weighted by Gasteiger charge is -2.59. The molecule has 32 heavy (non-hydrogen) atoms. The number of hydrogen-bond acceptors (Lipinski definition) is 3. The van der Waals surface area contributed by atoms with Crippen LogP contribution in [0.2, 0.25) is 0 Å². The Morgan fingerprint density at radius 1 is 1.00 bits per heavy atom. The average Bonchev–Trinajstić information content (AvgIpc) is 3.10. The van der Waals surface area contributed by atoms with Gasteiger partial charge in [0.1, 0.15) is 5.78 Å². The Balaban J connectivity index is 1.55. The standard InChI is InChI=1S/C29H48O3/c1-7-19(17(2)3)27(32)26(31)18(4)21-11-12-22-20-16-25(30)24-10-8-9-14-28(24,5)23(20)13-15-29(21,22)6/h8-9,17-24,26-27,31-32H,7,10-16H2,1-6H3/t18-,19?,20-,21+,22-,23-,24+,26?,27?,28+,29+/m0/s1. The van der Waals surface area contributed by atoms with Gasteiger partial charge in [0.25, 0.3) is 0 Å². The Hall–Kier alpha value is -0.670. The van der Waals surface area contributed by atoms with Crippen LogP contribution < -0.4 is 0 Å². The van der Waals surface area contributed by atoms with Gasteiger partial charge in [-0.2, -0.15) is 0 Å². The quantitative estimate of drug-likeness (QED) is 0.492. The minimum atomic E-state index is -0.668. The predicted molar refractivity (Wildman–Crippen MR) is 130 cm³/mol. The Bertz CT molecular complexity index is 728. The normalized spacial score (nSPS) is 45.0. The van der Waals surface area contributed by atoms with E-state index in [1.54, 1.807) is 0 Å². The second-order valence-corrected chi connectivity index (χ2v) is 12.9. The molecule has 0 radical (unpaired) electrons. The van der Waals surface area contributed by atoms with Crippen molar-refractivity contribution in [1.29, 1.82) is 0 Å². The van der Waals surface area contributed by atoms with Crippen molar-refractivity contribution >= 4 is 5.78 Å². The van der Waals surface area contributed by atoms with Gasteiger partial charge < -0.3 is 10.2 Å². The summed E-state index contributed by atoms with van der Waals surface area (Å²) < 4.78 is 0. The van der Waals surface area contributed by atoms with E-state index in [2.05, 4.69) is 53.7 Å². The molecule has 182 valence electrons. The SMILES string of the molecule is CCC(C(C)C)C(O)C(O)[C@@H](C)[C@H]1CC[C@H]2[C@@H]3CC(=O)[C@H]4CC=CC[C@]4(C)[C@H]3CC[C@]12C. The van der Waals surface area contributed by atoms with Crippen molar-refractivity contribution in [2.45, 2.75) is 105 Å². The Morgan fingerprint density at radius 2 is 1.69 bits per heavy atom. The third-order valence-corrected chi connectivity index (χ3v) is 11.4. The first-order valence-corrected chi connectivity index (χ1v) is 13.6. The highest BCUT2D eigenvalue weighted by Crippen LogP contribution is 2.67. The molecule has 3 unspecified atom stereocenters. The second-order valence-electron chi connectivity index (χ2n) is 12.9. The molecule has 4 aliphatic rings. The summed E-state index contributed by atoms with van der Waals surface area (Å²) in [7, 11) is 0. The van der Waals surface area contributed by atoms with E-state index in [1.165, 1.54) is 19.3 Å². The topological polar surface area (TPSA) is 57.5 Å². The van der Waals surface area contributed by atoms with Crippen molar-refractivity contribution in [3.05, 3.63) is 12.2 Å². The van der Waals surface area contributed by atoms with Crippen LogP contribution in [-0.2, 0) is 4.79 Å². The molecular weight excluding hydrogens is 396 g/mol. The third-order valence-electron chi connectivity index (χ3n) is 11.4. The fraction of sp³-hybridized carbons (Fsp3) is 0.897. The molecule has 0 aliphatic heterocycles. The minimum absolute atomic E-state index is 0.0876. The van der Waals surface area contributed by atoms with Crippen LogP contribution in [0.1, 0.15) is 92.9 Å². The first-order valence-electron chi connectivity index (χ1n) is 13.6. The highest BCUT2D eigenvalue weighted by atomic mass is 16.3. The number of ketones is 1. The first-order chi connectivity index (χ1) is 15.1. The zero-order valence-corrected chi connectivity index (χ0v) is 21.4. The molecule has 3 heteroatoms. The number of aliphatic hydroxyl groups excluding tert-OH is 2. The van der Waals surface area contributed by atoms with E-state index in [9.17, 15) is 15.0 Å². The Morgan fingerprint density at radius 3 is 2.34 bits per heavy atom. The molecule has 0 aromatic rings. The zero-order chi connectivity index (χ0) is 23.4. The van der Waals surface area contributed by atoms with Gasteiger partial charge in [-0.05, 0) is 90.8 Å². The molecule has 11 atom stereocenters. The molecule has 4 rings (SSSR count). The lowest BCUT2D eigenvalue weighted by Crippen LogP contribution is -2.56. The smallest absolute Gasteiger partial charge is 0.137 e. The number of Topliss-reactive ketones (excluding diaryl/α,β-unsaturated/α-hetero) is 1. The molecule has 0 bridgehead atoms. The van der Waals surface area contributed by atoms with Crippen molar-refractivity contribution < 1.29 is 15.0 Å². The molecule has 3 nitrogen and oxygen atoms in total. The average molecular weight is 445 g/mol. The summed E-state index contributed by atoms with van der Waals surface area (Å²) >= 11 is 0. The third kappa shape index (κ3) is 3.65. The van der Waals surface area contributed by atoms with Crippen molar-refractivity contribution in [3.63, 3.8) is 0 Å². The van der Waals surface area contributed by atoms with Crippen LogP contribution in [0.15, 0.2) is 12.2 Å². The summed E-state index contributed by atoms with van der Waals surface area (Å²) in [6.07, 6.45) is 11.7. The van der Waals surface area contributed by atoms with Crippen LogP contribution in [0.4, 0.5) is 0 Å². The molecule has 0 spiro atoms. The number of carbonyl (C=O) groups excluding carboxylic acids is 1. The van der Waals surface area contributed by atoms with E-state index >= 15 is 0 Å². The number of aliphatic hydroxyl groups is 2. The van der Waals surface area contributed by atoms with E-state index in [4.69, 9.17) is 0 Å². The van der Waals surface area contributed by atoms with Crippen LogP contribution in [0.3, 0.4) is 0 Å². The van der Waals surface area contributed by atoms with Gasteiger partial charge >= 0.3 is 0 Å². The van der Waals surface area contributed by atoms with Gasteiger partial charge in [0.15, 0.2) is 0 Å². The predicted octanol–water partition coefficient (Wildman–Crippen LogP) is 6.03. The summed E-state index contributed by atoms with van der Waals surface area (Å²) in [6, 6.07) is 0. The zero-order valence-electron chi connectivity index (χ0n) is 21.4. The summed E-state index contributed by atoms with van der Waals surface area (Å²) in [4.78, 5) is 13.3. The van der Waals surface area contributed by atoms with Gasteiger partial charge in [-0.15, -0.1) is 0 Å². The summed E-state index contributed by atoms with van der Waals surface area (Å²) in [5.74, 6) is 3.50. The lowest BCUT2D eigenvalue weighted by atomic mass is 9.45. The van der Waals surface area contributed by atoms with Crippen molar-refractivity contribution in [2.75, 3.05) is 0 Å². The number of carbonyl (C=O) groups is 1. The second kappa shape index (κ2) is 8.84. The van der Waals surface area contributed by atoms with Crippen LogP contribution in [0.5, 0.6) is 0 Å². The van der Waals surface area contributed by atoms with Crippen LogP contribution >= 0.6 is 0 Å². The van der Waals surface area contributed by atoms with E-state index in [0.29, 0.717) is 35.4 Å². The maximum Gasteiger partial charge on any atom is 0.137 e. The largest absolute Gasteiger partial charge is 0.390 e. The number of allylic oxidation sites excluding steroid dienone is 2. The molecule has 0 aromatic carbocycles. The monoisotopic (exact) mass is 444 g/mol. The van der Waals surface area contributed by atoms with Crippen LogP contribution in [-0.4, -0.2) is 28.2 Å². The van der Waals surface area contributed by atoms with Gasteiger partial charge in [-0.1, -0.05) is 60.1 Å². The van der Waals surface area contributed by atoms with E-state index in [-0.39, 0.29) is 28.6 Å². The van der Waals surface area contributed by atoms with E-state index in [0.717, 1.165) is 32.1 Å². The highest BCUT2D eigenvalue weighted by Gasteiger charge is 2.62. The first kappa shape index (κ1) is 24.5. The van der Waals surface area contributed by atoms with Gasteiger partial charge in [0, 0.05) is 12.3 Å². The number of fused-ring (bicyclic) bond motifs is 5. The van der Waals surface area contributed by atoms with Crippen LogP contribution in [0.25, 0.3) is 0 Å². The molecule has 4 aliphatic carbocycles. The fourth-order valence-electron chi connectivity index (χ4n) is 9.47. The molecule has 0 amide bonds. The van der Waals surface area contributed by atoms with Crippen molar-refractivity contribution in [3.8, 4) is 0 Å². The molecule has 3 fully saturated rings. The molecule has 2 N–H and O–H groups in total. The minimum Gasteiger partial charge on any atom is -0.390 e. The maximum atomic E-state index is 13.3. The summed E-state index contributed by atoms with van der Waals surface area (Å²) in [6.45, 7) is 13.5. The fourth-order valence-corrected chi connectivity index (χ4v) is 9.47. The van der Waals surface area contributed by atoms with E-state index < -0.39 is 12.2 Å². The van der Waals surface area contributed by atoms with Crippen LogP contribution in [0, 0.1) is 58.2 Å². The maximum absolute atomic E-state index is 13.3. The van der Waals surface area contributed by atoms with E-state index in [1.807, 2.05) is 0 Å². The lowest BCUT2D eigenvalue weighted by molar-refractivity contribution is -0.151. The highest BCUT2D eigenvalue weighted by molar-refractivity contribution is 5.83. The summed E-state index contributed by atoms with van der Waals surface area (Å²) in [5.41, 5.74) is 0.315. The number of rotatable bonds is 6. The molecule has 0 heterocycles. The molecular formula is C29H48O3. The van der Waals surface area contributed by atoms with Gasteiger partial charge in [-0.3, -0.25) is 4.79 Å². The van der Waals surface area contributed by atoms with Crippen molar-refractivity contribution in [1.82, 2.24) is 0 Å².